The molecule has 0 radical (unpaired) electrons. The summed E-state index contributed by atoms with van der Waals surface area (Å²) in [5.41, 5.74) is 5.30. The average molecular weight is 240 g/mol. The molecule has 1 heterocycles. The van der Waals surface area contributed by atoms with Gasteiger partial charge >= 0.3 is 0 Å². The Morgan fingerprint density at radius 3 is 2.94 bits per heavy atom. The Balaban J connectivity index is 2.32. The number of aromatic nitrogens is 2. The van der Waals surface area contributed by atoms with Crippen molar-refractivity contribution in [3.8, 4) is 5.88 Å². The van der Waals surface area contributed by atoms with Crippen molar-refractivity contribution in [2.45, 2.75) is 20.0 Å². The van der Waals surface area contributed by atoms with E-state index < -0.39 is 0 Å². The second kappa shape index (κ2) is 7.81. The molecule has 1 aromatic heterocycles. The molecule has 1 rings (SSSR count). The maximum Gasteiger partial charge on any atom is 0.226 e. The Hall–Kier alpha value is -1.40. The fraction of sp³-hybridized carbons (Fsp3) is 0.636. The van der Waals surface area contributed by atoms with Gasteiger partial charge in [0.25, 0.3) is 0 Å². The van der Waals surface area contributed by atoms with Gasteiger partial charge in [0.15, 0.2) is 0 Å². The molecule has 0 saturated heterocycles. The molecule has 0 amide bonds. The minimum absolute atomic E-state index is 0.102. The van der Waals surface area contributed by atoms with Crippen LogP contribution in [0.15, 0.2) is 12.3 Å². The molecule has 6 nitrogen and oxygen atoms in total. The van der Waals surface area contributed by atoms with Crippen LogP contribution in [0.3, 0.4) is 0 Å². The van der Waals surface area contributed by atoms with Crippen LogP contribution in [0.4, 0.5) is 5.95 Å². The number of nitrogens with zero attached hydrogens (tertiary/aromatic N) is 2. The lowest BCUT2D eigenvalue weighted by Gasteiger charge is -2.10. The molecule has 0 aliphatic carbocycles. The molecular formula is C11H20N4O2. The molecule has 0 unspecified atom stereocenters. The predicted molar refractivity (Wildman–Crippen MR) is 66.2 cm³/mol. The number of nitrogens with one attached hydrogen (secondary N) is 1. The maximum absolute atomic E-state index is 5.46. The standard InChI is InChI=1S/C11H20N4O2/c1-9(2)17-10-3-5-13-11(15-10)14-6-8-16-7-4-12/h3,5,9H,4,6-8,12H2,1-2H3,(H,13,14,15). The molecule has 0 atom stereocenters. The van der Waals surface area contributed by atoms with Crippen LogP contribution in [-0.4, -0.2) is 42.4 Å². The Bertz CT molecular complexity index is 320. The summed E-state index contributed by atoms with van der Waals surface area (Å²) >= 11 is 0. The zero-order valence-corrected chi connectivity index (χ0v) is 10.3. The van der Waals surface area contributed by atoms with Crippen molar-refractivity contribution < 1.29 is 9.47 Å². The molecule has 0 aromatic carbocycles. The maximum atomic E-state index is 5.46. The van der Waals surface area contributed by atoms with Gasteiger partial charge in [-0.05, 0) is 13.8 Å². The largest absolute Gasteiger partial charge is 0.475 e. The number of ether oxygens (including phenoxy) is 2. The van der Waals surface area contributed by atoms with Crippen molar-refractivity contribution in [1.82, 2.24) is 9.97 Å². The highest BCUT2D eigenvalue weighted by molar-refractivity contribution is 5.27. The van der Waals surface area contributed by atoms with E-state index in [1.165, 1.54) is 0 Å². The first-order valence-electron chi connectivity index (χ1n) is 5.73. The third-order valence-corrected chi connectivity index (χ3v) is 1.78. The predicted octanol–water partition coefficient (Wildman–Crippen LogP) is 0.651. The van der Waals surface area contributed by atoms with Crippen molar-refractivity contribution in [2.24, 2.45) is 5.73 Å². The van der Waals surface area contributed by atoms with Crippen LogP contribution in [0.2, 0.25) is 0 Å². The summed E-state index contributed by atoms with van der Waals surface area (Å²) in [6, 6.07) is 1.73. The number of hydrogen-bond acceptors (Lipinski definition) is 6. The van der Waals surface area contributed by atoms with E-state index in [1.54, 1.807) is 12.3 Å². The lowest BCUT2D eigenvalue weighted by Crippen LogP contribution is -2.15. The minimum Gasteiger partial charge on any atom is -0.475 e. The van der Waals surface area contributed by atoms with Crippen LogP contribution in [0.5, 0.6) is 5.88 Å². The first kappa shape index (κ1) is 13.7. The van der Waals surface area contributed by atoms with Crippen molar-refractivity contribution in [1.29, 1.82) is 0 Å². The number of nitrogens with two attached hydrogens (primary N) is 1. The topological polar surface area (TPSA) is 82.3 Å². The van der Waals surface area contributed by atoms with E-state index in [0.717, 1.165) is 0 Å². The number of hydrogen-bond donors (Lipinski definition) is 2. The van der Waals surface area contributed by atoms with Crippen LogP contribution in [0.1, 0.15) is 13.8 Å². The van der Waals surface area contributed by atoms with E-state index >= 15 is 0 Å². The summed E-state index contributed by atoms with van der Waals surface area (Å²) in [7, 11) is 0. The lowest BCUT2D eigenvalue weighted by atomic mass is 10.5. The molecule has 17 heavy (non-hydrogen) atoms. The molecule has 1 aromatic rings. The van der Waals surface area contributed by atoms with Gasteiger partial charge in [0.05, 0.1) is 19.3 Å². The molecule has 0 aliphatic heterocycles. The first-order chi connectivity index (χ1) is 8.22. The van der Waals surface area contributed by atoms with Gasteiger partial charge < -0.3 is 20.5 Å². The quantitative estimate of drug-likeness (QED) is 0.649. The van der Waals surface area contributed by atoms with Crippen LogP contribution in [0.25, 0.3) is 0 Å². The summed E-state index contributed by atoms with van der Waals surface area (Å²) in [5.74, 6) is 1.11. The Morgan fingerprint density at radius 2 is 2.24 bits per heavy atom. The van der Waals surface area contributed by atoms with Gasteiger partial charge in [-0.25, -0.2) is 4.98 Å². The Kier molecular flexibility index (Phi) is 6.27. The van der Waals surface area contributed by atoms with E-state index in [-0.39, 0.29) is 6.10 Å². The highest BCUT2D eigenvalue weighted by Crippen LogP contribution is 2.09. The molecular weight excluding hydrogens is 220 g/mol. The fourth-order valence-electron chi connectivity index (χ4n) is 1.15. The number of rotatable bonds is 8. The summed E-state index contributed by atoms with van der Waals surface area (Å²) < 4.78 is 10.7. The molecule has 6 heteroatoms. The second-order valence-electron chi connectivity index (χ2n) is 3.71. The molecule has 96 valence electrons. The zero-order valence-electron chi connectivity index (χ0n) is 10.3. The molecule has 0 aliphatic rings. The molecule has 0 spiro atoms. The van der Waals surface area contributed by atoms with E-state index in [4.69, 9.17) is 15.2 Å². The lowest BCUT2D eigenvalue weighted by molar-refractivity contribution is 0.151. The second-order valence-corrected chi connectivity index (χ2v) is 3.71. The molecule has 0 saturated carbocycles. The van der Waals surface area contributed by atoms with E-state index in [9.17, 15) is 0 Å². The summed E-state index contributed by atoms with van der Waals surface area (Å²) in [4.78, 5) is 8.29. The van der Waals surface area contributed by atoms with Gasteiger partial charge in [-0.1, -0.05) is 0 Å². The SMILES string of the molecule is CC(C)Oc1ccnc(NCCOCCN)n1. The fourth-order valence-corrected chi connectivity index (χ4v) is 1.15. The van der Waals surface area contributed by atoms with Gasteiger partial charge in [-0.15, -0.1) is 0 Å². The zero-order chi connectivity index (χ0) is 12.5. The monoisotopic (exact) mass is 240 g/mol. The average Bonchev–Trinajstić information content (AvgIpc) is 2.28. The number of anilines is 1. The highest BCUT2D eigenvalue weighted by atomic mass is 16.5. The van der Waals surface area contributed by atoms with Crippen LogP contribution in [0, 0.1) is 0 Å². The van der Waals surface area contributed by atoms with Gasteiger partial charge in [0.2, 0.25) is 11.8 Å². The van der Waals surface area contributed by atoms with Gasteiger partial charge in [-0.3, -0.25) is 0 Å². The third-order valence-electron chi connectivity index (χ3n) is 1.78. The highest BCUT2D eigenvalue weighted by Gasteiger charge is 2.01. The van der Waals surface area contributed by atoms with Crippen LogP contribution < -0.4 is 15.8 Å². The molecule has 0 bridgehead atoms. The Morgan fingerprint density at radius 1 is 1.41 bits per heavy atom. The molecule has 3 N–H and O–H groups in total. The minimum atomic E-state index is 0.102. The van der Waals surface area contributed by atoms with Crippen LogP contribution >= 0.6 is 0 Å². The van der Waals surface area contributed by atoms with Crippen molar-refractivity contribution in [3.63, 3.8) is 0 Å². The van der Waals surface area contributed by atoms with Gasteiger partial charge in [0, 0.05) is 25.4 Å². The third kappa shape index (κ3) is 6.03. The van der Waals surface area contributed by atoms with Crippen molar-refractivity contribution in [3.05, 3.63) is 12.3 Å². The summed E-state index contributed by atoms with van der Waals surface area (Å²) in [6.45, 7) is 6.24. The normalized spacial score (nSPS) is 10.6. The first-order valence-corrected chi connectivity index (χ1v) is 5.73. The smallest absolute Gasteiger partial charge is 0.226 e. The molecule has 0 fully saturated rings. The summed E-state index contributed by atoms with van der Waals surface area (Å²) in [6.07, 6.45) is 1.76. The van der Waals surface area contributed by atoms with Gasteiger partial charge in [0.1, 0.15) is 0 Å². The van der Waals surface area contributed by atoms with Crippen LogP contribution in [-0.2, 0) is 4.74 Å². The van der Waals surface area contributed by atoms with E-state index in [0.29, 0.717) is 38.1 Å². The van der Waals surface area contributed by atoms with Crippen molar-refractivity contribution >= 4 is 5.95 Å². The Labute approximate surface area is 102 Å². The summed E-state index contributed by atoms with van der Waals surface area (Å²) in [5, 5.41) is 3.05. The van der Waals surface area contributed by atoms with Gasteiger partial charge in [-0.2, -0.15) is 4.98 Å². The van der Waals surface area contributed by atoms with E-state index in [1.807, 2.05) is 13.8 Å². The van der Waals surface area contributed by atoms with E-state index in [2.05, 4.69) is 15.3 Å². The van der Waals surface area contributed by atoms with Crippen molar-refractivity contribution in [2.75, 3.05) is 31.6 Å².